The molecule has 0 saturated carbocycles. The molecule has 0 bridgehead atoms. The Morgan fingerprint density at radius 1 is 0.446 bits per heavy atom. The van der Waals surface area contributed by atoms with E-state index in [1.165, 1.54) is 186 Å². The number of carbonyl (C=O) groups is 1. The monoisotopic (exact) mass is 788 g/mol. The molecule has 0 fully saturated rings. The Labute approximate surface area is 349 Å². The Morgan fingerprint density at radius 2 is 0.768 bits per heavy atom. The van der Waals surface area contributed by atoms with Crippen molar-refractivity contribution in [1.29, 1.82) is 0 Å². The summed E-state index contributed by atoms with van der Waals surface area (Å²) in [6, 6.07) is -0.825. The van der Waals surface area contributed by atoms with Crippen LogP contribution in [0.15, 0.2) is 36.5 Å². The third-order valence-corrected chi connectivity index (χ3v) is 11.5. The van der Waals surface area contributed by atoms with E-state index in [-0.39, 0.29) is 12.5 Å². The van der Waals surface area contributed by atoms with Gasteiger partial charge >= 0.3 is 0 Å². The Balaban J connectivity index is 3.56. The second-order valence-corrected chi connectivity index (χ2v) is 17.0. The fourth-order valence-electron chi connectivity index (χ4n) is 7.61. The van der Waals surface area contributed by atoms with Crippen LogP contribution in [-0.4, -0.2) is 46.1 Å². The third-order valence-electron chi connectivity index (χ3n) is 11.5. The van der Waals surface area contributed by atoms with Crippen molar-refractivity contribution in [1.82, 2.24) is 5.32 Å². The molecule has 0 aliphatic heterocycles. The molecule has 56 heavy (non-hydrogen) atoms. The predicted octanol–water partition coefficient (Wildman–Crippen LogP) is 14.7. The third kappa shape index (κ3) is 40.8. The van der Waals surface area contributed by atoms with Gasteiger partial charge in [0.1, 0.15) is 6.10 Å². The predicted molar refractivity (Wildman–Crippen MR) is 245 cm³/mol. The van der Waals surface area contributed by atoms with Gasteiger partial charge in [0, 0.05) is 6.42 Å². The Bertz CT molecular complexity index is 870. The minimum absolute atomic E-state index is 0.155. The van der Waals surface area contributed by atoms with E-state index in [1.807, 2.05) is 0 Å². The summed E-state index contributed by atoms with van der Waals surface area (Å²) >= 11 is 0. The first kappa shape index (κ1) is 54.6. The zero-order chi connectivity index (χ0) is 40.8. The summed E-state index contributed by atoms with van der Waals surface area (Å²) in [6.07, 6.45) is 58.5. The zero-order valence-electron chi connectivity index (χ0n) is 37.5. The summed E-state index contributed by atoms with van der Waals surface area (Å²) in [5.74, 6) is -0.155. The average Bonchev–Trinajstić information content (AvgIpc) is 3.20. The standard InChI is InChI=1S/C51H97NO4/c1-3-5-7-9-11-13-15-17-18-19-20-21-22-23-24-25-26-27-28-29-30-31-32-34-36-38-40-42-44-46-50(55)52-48(47-53)51(56)49(54)45-43-41-39-37-35-33-16-14-12-10-8-6-4-2/h20-21,23-24,37,39,48-49,51,53-54,56H,3-19,22,25-36,38,40-47H2,1-2H3,(H,52,55)/b21-20-,24-23-,39-37+. The molecule has 0 aliphatic rings. The summed E-state index contributed by atoms with van der Waals surface area (Å²) in [5.41, 5.74) is 0. The maximum atomic E-state index is 12.4. The molecule has 0 heterocycles. The highest BCUT2D eigenvalue weighted by Gasteiger charge is 2.26. The van der Waals surface area contributed by atoms with Crippen LogP contribution >= 0.6 is 0 Å². The highest BCUT2D eigenvalue weighted by atomic mass is 16.3. The number of rotatable bonds is 45. The molecule has 0 aromatic heterocycles. The maximum absolute atomic E-state index is 12.4. The number of nitrogens with one attached hydrogen (secondary N) is 1. The highest BCUT2D eigenvalue weighted by Crippen LogP contribution is 2.16. The van der Waals surface area contributed by atoms with Crippen molar-refractivity contribution in [3.8, 4) is 0 Å². The van der Waals surface area contributed by atoms with Crippen molar-refractivity contribution in [3.63, 3.8) is 0 Å². The van der Waals surface area contributed by atoms with Crippen LogP contribution in [0.3, 0.4) is 0 Å². The van der Waals surface area contributed by atoms with Gasteiger partial charge in [-0.3, -0.25) is 4.79 Å². The van der Waals surface area contributed by atoms with Gasteiger partial charge in [-0.2, -0.15) is 0 Å². The molecule has 5 heteroatoms. The van der Waals surface area contributed by atoms with Crippen molar-refractivity contribution in [2.45, 2.75) is 276 Å². The summed E-state index contributed by atoms with van der Waals surface area (Å²) < 4.78 is 0. The maximum Gasteiger partial charge on any atom is 0.220 e. The van der Waals surface area contributed by atoms with Gasteiger partial charge in [-0.15, -0.1) is 0 Å². The van der Waals surface area contributed by atoms with Gasteiger partial charge in [0.25, 0.3) is 0 Å². The molecule has 0 aromatic carbocycles. The van der Waals surface area contributed by atoms with Crippen LogP contribution in [0.4, 0.5) is 0 Å². The molecule has 3 atom stereocenters. The first-order valence-electron chi connectivity index (χ1n) is 24.8. The summed E-state index contributed by atoms with van der Waals surface area (Å²) in [5, 5.41) is 33.5. The first-order chi connectivity index (χ1) is 27.6. The number of amides is 1. The minimum atomic E-state index is -1.16. The number of aliphatic hydroxyl groups excluding tert-OH is 3. The lowest BCUT2D eigenvalue weighted by Gasteiger charge is -2.26. The molecule has 5 nitrogen and oxygen atoms in total. The Morgan fingerprint density at radius 3 is 1.14 bits per heavy atom. The lowest BCUT2D eigenvalue weighted by molar-refractivity contribution is -0.124. The van der Waals surface area contributed by atoms with Crippen LogP contribution in [0.25, 0.3) is 0 Å². The van der Waals surface area contributed by atoms with Crippen LogP contribution in [0, 0.1) is 0 Å². The van der Waals surface area contributed by atoms with E-state index in [1.54, 1.807) is 0 Å². The number of aliphatic hydroxyl groups is 3. The molecule has 330 valence electrons. The van der Waals surface area contributed by atoms with Crippen LogP contribution < -0.4 is 5.32 Å². The van der Waals surface area contributed by atoms with Gasteiger partial charge in [0.15, 0.2) is 0 Å². The molecule has 0 saturated heterocycles. The fraction of sp³-hybridized carbons (Fsp3) is 0.863. The second kappa shape index (κ2) is 46.3. The molecule has 0 radical (unpaired) electrons. The molecule has 1 amide bonds. The fourth-order valence-corrected chi connectivity index (χ4v) is 7.61. The van der Waals surface area contributed by atoms with Crippen molar-refractivity contribution >= 4 is 5.91 Å². The topological polar surface area (TPSA) is 89.8 Å². The zero-order valence-corrected chi connectivity index (χ0v) is 37.5. The number of carbonyl (C=O) groups excluding carboxylic acids is 1. The summed E-state index contributed by atoms with van der Waals surface area (Å²) in [4.78, 5) is 12.4. The molecule has 3 unspecified atom stereocenters. The largest absolute Gasteiger partial charge is 0.394 e. The van der Waals surface area contributed by atoms with E-state index < -0.39 is 18.2 Å². The summed E-state index contributed by atoms with van der Waals surface area (Å²) in [7, 11) is 0. The molecule has 0 aromatic rings. The number of allylic oxidation sites excluding steroid dienone is 6. The smallest absolute Gasteiger partial charge is 0.220 e. The number of hydrogen-bond acceptors (Lipinski definition) is 4. The number of hydrogen-bond donors (Lipinski definition) is 4. The molecule has 0 rings (SSSR count). The van der Waals surface area contributed by atoms with Crippen LogP contribution in [0.2, 0.25) is 0 Å². The normalized spacial score (nSPS) is 13.7. The van der Waals surface area contributed by atoms with Gasteiger partial charge in [0.05, 0.1) is 18.8 Å². The van der Waals surface area contributed by atoms with E-state index in [2.05, 4.69) is 55.6 Å². The molecule has 0 spiro atoms. The van der Waals surface area contributed by atoms with E-state index in [9.17, 15) is 20.1 Å². The number of unbranched alkanes of at least 4 members (excludes halogenated alkanes) is 31. The molecule has 0 aliphatic carbocycles. The first-order valence-corrected chi connectivity index (χ1v) is 24.8. The van der Waals surface area contributed by atoms with Gasteiger partial charge < -0.3 is 20.6 Å². The van der Waals surface area contributed by atoms with E-state index in [4.69, 9.17) is 0 Å². The van der Waals surface area contributed by atoms with Gasteiger partial charge in [-0.25, -0.2) is 0 Å². The van der Waals surface area contributed by atoms with Crippen LogP contribution in [0.5, 0.6) is 0 Å². The second-order valence-electron chi connectivity index (χ2n) is 17.0. The van der Waals surface area contributed by atoms with Crippen LogP contribution in [0.1, 0.15) is 258 Å². The average molecular weight is 788 g/mol. The van der Waals surface area contributed by atoms with Gasteiger partial charge in [0.2, 0.25) is 5.91 Å². The highest BCUT2D eigenvalue weighted by molar-refractivity contribution is 5.76. The SMILES string of the molecule is CCCCCCCCCC/C=C/CCCC(O)C(O)C(CO)NC(=O)CCCCCCCCCCCCCCC/C=C\C/C=C\CCCCCCCCCCC. The van der Waals surface area contributed by atoms with Crippen LogP contribution in [-0.2, 0) is 4.79 Å². The Kier molecular flexibility index (Phi) is 45.1. The molecular weight excluding hydrogens is 691 g/mol. The lowest BCUT2D eigenvalue weighted by Crippen LogP contribution is -2.50. The quantitative estimate of drug-likeness (QED) is 0.0365. The van der Waals surface area contributed by atoms with Gasteiger partial charge in [-0.05, 0) is 70.6 Å². The lowest BCUT2D eigenvalue weighted by atomic mass is 10.0. The van der Waals surface area contributed by atoms with Crippen molar-refractivity contribution < 1.29 is 20.1 Å². The van der Waals surface area contributed by atoms with E-state index >= 15 is 0 Å². The van der Waals surface area contributed by atoms with Crippen molar-refractivity contribution in [3.05, 3.63) is 36.5 Å². The van der Waals surface area contributed by atoms with Gasteiger partial charge in [-0.1, -0.05) is 217 Å². The van der Waals surface area contributed by atoms with Crippen molar-refractivity contribution in [2.24, 2.45) is 0 Å². The molecular formula is C51H97NO4. The van der Waals surface area contributed by atoms with Crippen molar-refractivity contribution in [2.75, 3.05) is 6.61 Å². The van der Waals surface area contributed by atoms with E-state index in [0.717, 1.165) is 44.9 Å². The molecule has 4 N–H and O–H groups in total. The Hall–Kier alpha value is -1.43. The summed E-state index contributed by atoms with van der Waals surface area (Å²) in [6.45, 7) is 4.17. The van der Waals surface area contributed by atoms with E-state index in [0.29, 0.717) is 12.8 Å². The minimum Gasteiger partial charge on any atom is -0.394 e.